The van der Waals surface area contributed by atoms with E-state index in [9.17, 15) is 9.59 Å². The van der Waals surface area contributed by atoms with Gasteiger partial charge in [-0.1, -0.05) is 18.2 Å². The Morgan fingerprint density at radius 3 is 2.61 bits per heavy atom. The van der Waals surface area contributed by atoms with E-state index in [0.717, 1.165) is 11.1 Å². The third-order valence-corrected chi connectivity index (χ3v) is 3.73. The second-order valence-corrected chi connectivity index (χ2v) is 5.41. The molecular weight excluding hydrogens is 292 g/mol. The molecule has 1 heterocycles. The van der Waals surface area contributed by atoms with Gasteiger partial charge in [-0.05, 0) is 42.7 Å². The molecule has 23 heavy (non-hydrogen) atoms. The van der Waals surface area contributed by atoms with Gasteiger partial charge < -0.3 is 10.1 Å². The first kappa shape index (κ1) is 16.7. The van der Waals surface area contributed by atoms with Crippen LogP contribution in [0.3, 0.4) is 0 Å². The molecule has 0 saturated heterocycles. The van der Waals surface area contributed by atoms with E-state index in [1.807, 2.05) is 32.0 Å². The molecule has 1 amide bonds. The maximum atomic E-state index is 12.2. The molecule has 0 aliphatic heterocycles. The number of amides is 1. The van der Waals surface area contributed by atoms with Crippen LogP contribution >= 0.6 is 0 Å². The standard InChI is InChI=1S/C18H20N2O3/c1-12-6-7-14(9-13(12)2)10-16(18(22)23-3)20-17(21)15-5-4-8-19-11-15/h4-9,11,16H,10H2,1-3H3,(H,20,21)/t16-/m1/s1. The highest BCUT2D eigenvalue weighted by atomic mass is 16.5. The minimum atomic E-state index is -0.741. The first-order valence-electron chi connectivity index (χ1n) is 7.36. The molecule has 5 nitrogen and oxygen atoms in total. The van der Waals surface area contributed by atoms with E-state index >= 15 is 0 Å². The third kappa shape index (κ3) is 4.39. The molecule has 5 heteroatoms. The summed E-state index contributed by atoms with van der Waals surface area (Å²) in [6.45, 7) is 4.04. The van der Waals surface area contributed by atoms with Crippen molar-refractivity contribution in [1.29, 1.82) is 0 Å². The molecule has 1 N–H and O–H groups in total. The number of nitrogens with zero attached hydrogens (tertiary/aromatic N) is 1. The van der Waals surface area contributed by atoms with Crippen molar-refractivity contribution in [2.24, 2.45) is 0 Å². The summed E-state index contributed by atoms with van der Waals surface area (Å²) in [5, 5.41) is 2.71. The Kier molecular flexibility index (Phi) is 5.46. The number of nitrogens with one attached hydrogen (secondary N) is 1. The predicted molar refractivity (Wildman–Crippen MR) is 87.1 cm³/mol. The van der Waals surface area contributed by atoms with Gasteiger partial charge >= 0.3 is 5.97 Å². The van der Waals surface area contributed by atoms with Crippen molar-refractivity contribution in [3.05, 3.63) is 65.0 Å². The van der Waals surface area contributed by atoms with E-state index < -0.39 is 12.0 Å². The molecule has 0 bridgehead atoms. The van der Waals surface area contributed by atoms with E-state index in [1.54, 1.807) is 18.3 Å². The van der Waals surface area contributed by atoms with Gasteiger partial charge in [-0.15, -0.1) is 0 Å². The number of ether oxygens (including phenoxy) is 1. The maximum absolute atomic E-state index is 12.2. The van der Waals surface area contributed by atoms with Gasteiger partial charge in [0.25, 0.3) is 5.91 Å². The van der Waals surface area contributed by atoms with Gasteiger partial charge in [0, 0.05) is 18.8 Å². The topological polar surface area (TPSA) is 68.3 Å². The van der Waals surface area contributed by atoms with Crippen molar-refractivity contribution in [2.45, 2.75) is 26.3 Å². The van der Waals surface area contributed by atoms with E-state index in [-0.39, 0.29) is 5.91 Å². The lowest BCUT2D eigenvalue weighted by molar-refractivity contribution is -0.142. The van der Waals surface area contributed by atoms with Crippen LogP contribution in [0.1, 0.15) is 27.0 Å². The van der Waals surface area contributed by atoms with Gasteiger partial charge in [0.2, 0.25) is 0 Å². The van der Waals surface area contributed by atoms with Crippen LogP contribution in [-0.2, 0) is 16.0 Å². The lowest BCUT2D eigenvalue weighted by Crippen LogP contribution is -2.43. The van der Waals surface area contributed by atoms with Gasteiger partial charge in [0.05, 0.1) is 12.7 Å². The molecule has 0 fully saturated rings. The summed E-state index contributed by atoms with van der Waals surface area (Å²) >= 11 is 0. The lowest BCUT2D eigenvalue weighted by atomic mass is 10.0. The molecule has 0 aliphatic rings. The van der Waals surface area contributed by atoms with Crippen molar-refractivity contribution in [3.8, 4) is 0 Å². The molecule has 0 saturated carbocycles. The smallest absolute Gasteiger partial charge is 0.328 e. The van der Waals surface area contributed by atoms with E-state index in [4.69, 9.17) is 4.74 Å². The number of hydrogen-bond acceptors (Lipinski definition) is 4. The van der Waals surface area contributed by atoms with Crippen LogP contribution in [0.2, 0.25) is 0 Å². The zero-order chi connectivity index (χ0) is 16.8. The fourth-order valence-corrected chi connectivity index (χ4v) is 2.24. The molecule has 1 aromatic heterocycles. The summed E-state index contributed by atoms with van der Waals surface area (Å²) in [7, 11) is 1.31. The normalized spacial score (nSPS) is 11.6. The van der Waals surface area contributed by atoms with E-state index in [0.29, 0.717) is 12.0 Å². The van der Waals surface area contributed by atoms with Crippen molar-refractivity contribution in [2.75, 3.05) is 7.11 Å². The van der Waals surface area contributed by atoms with E-state index in [1.165, 1.54) is 18.9 Å². The van der Waals surface area contributed by atoms with Crippen LogP contribution < -0.4 is 5.32 Å². The zero-order valence-electron chi connectivity index (χ0n) is 13.5. The van der Waals surface area contributed by atoms with Gasteiger partial charge in [0.15, 0.2) is 0 Å². The van der Waals surface area contributed by atoms with Gasteiger partial charge in [0.1, 0.15) is 6.04 Å². The number of carbonyl (C=O) groups is 2. The average Bonchev–Trinajstić information content (AvgIpc) is 2.57. The SMILES string of the molecule is COC(=O)[C@@H](Cc1ccc(C)c(C)c1)NC(=O)c1cccnc1. The number of pyridine rings is 1. The maximum Gasteiger partial charge on any atom is 0.328 e. The summed E-state index contributed by atoms with van der Waals surface area (Å²) in [4.78, 5) is 28.1. The van der Waals surface area contributed by atoms with Crippen LogP contribution in [0.4, 0.5) is 0 Å². The van der Waals surface area contributed by atoms with Crippen molar-refractivity contribution in [3.63, 3.8) is 0 Å². The molecule has 0 spiro atoms. The lowest BCUT2D eigenvalue weighted by Gasteiger charge is -2.17. The number of aromatic nitrogens is 1. The predicted octanol–water partition coefficient (Wildman–Crippen LogP) is 2.21. The molecule has 2 rings (SSSR count). The summed E-state index contributed by atoms with van der Waals surface area (Å²) in [6, 6.07) is 8.55. The Balaban J connectivity index is 2.15. The van der Waals surface area contributed by atoms with E-state index in [2.05, 4.69) is 10.3 Å². The Bertz CT molecular complexity index is 699. The monoisotopic (exact) mass is 312 g/mol. The molecule has 0 radical (unpaired) electrons. The molecule has 0 aliphatic carbocycles. The fraction of sp³-hybridized carbons (Fsp3) is 0.278. The first-order valence-corrected chi connectivity index (χ1v) is 7.36. The molecule has 2 aromatic rings. The molecule has 0 unspecified atom stereocenters. The zero-order valence-corrected chi connectivity index (χ0v) is 13.5. The van der Waals surface area contributed by atoms with Crippen molar-refractivity contribution >= 4 is 11.9 Å². The molecule has 120 valence electrons. The van der Waals surface area contributed by atoms with Gasteiger partial charge in [-0.2, -0.15) is 0 Å². The Morgan fingerprint density at radius 2 is 2.00 bits per heavy atom. The second kappa shape index (κ2) is 7.54. The number of methoxy groups -OCH3 is 1. The highest BCUT2D eigenvalue weighted by Crippen LogP contribution is 2.12. The van der Waals surface area contributed by atoms with Crippen molar-refractivity contribution in [1.82, 2.24) is 10.3 Å². The number of hydrogen-bond donors (Lipinski definition) is 1. The summed E-state index contributed by atoms with van der Waals surface area (Å²) < 4.78 is 4.81. The minimum Gasteiger partial charge on any atom is -0.467 e. The quantitative estimate of drug-likeness (QED) is 0.860. The Hall–Kier alpha value is -2.69. The number of esters is 1. The number of aryl methyl sites for hydroxylation is 2. The minimum absolute atomic E-state index is 0.350. The number of carbonyl (C=O) groups excluding carboxylic acids is 2. The highest BCUT2D eigenvalue weighted by Gasteiger charge is 2.22. The molecular formula is C18H20N2O3. The Morgan fingerprint density at radius 1 is 1.22 bits per heavy atom. The number of rotatable bonds is 5. The molecule has 1 aromatic carbocycles. The second-order valence-electron chi connectivity index (χ2n) is 5.41. The first-order chi connectivity index (χ1) is 11.0. The number of benzene rings is 1. The highest BCUT2D eigenvalue weighted by molar-refractivity contribution is 5.96. The van der Waals surface area contributed by atoms with Gasteiger partial charge in [-0.3, -0.25) is 9.78 Å². The average molecular weight is 312 g/mol. The summed E-state index contributed by atoms with van der Waals surface area (Å²) in [5.41, 5.74) is 3.70. The van der Waals surface area contributed by atoms with Crippen LogP contribution in [0, 0.1) is 13.8 Å². The fourth-order valence-electron chi connectivity index (χ4n) is 2.24. The summed E-state index contributed by atoms with van der Waals surface area (Å²) in [5.74, 6) is -0.821. The van der Waals surface area contributed by atoms with Crippen LogP contribution in [0.25, 0.3) is 0 Å². The van der Waals surface area contributed by atoms with Gasteiger partial charge in [-0.25, -0.2) is 4.79 Å². The summed E-state index contributed by atoms with van der Waals surface area (Å²) in [6.07, 6.45) is 3.42. The Labute approximate surface area is 135 Å². The largest absolute Gasteiger partial charge is 0.467 e. The third-order valence-electron chi connectivity index (χ3n) is 3.73. The van der Waals surface area contributed by atoms with Crippen LogP contribution in [0.5, 0.6) is 0 Å². The molecule has 1 atom stereocenters. The van der Waals surface area contributed by atoms with Crippen LogP contribution in [-0.4, -0.2) is 30.0 Å². The van der Waals surface area contributed by atoms with Crippen molar-refractivity contribution < 1.29 is 14.3 Å². The van der Waals surface area contributed by atoms with Crippen LogP contribution in [0.15, 0.2) is 42.7 Å².